The van der Waals surface area contributed by atoms with E-state index in [4.69, 9.17) is 0 Å². The summed E-state index contributed by atoms with van der Waals surface area (Å²) in [4.78, 5) is 10.4. The van der Waals surface area contributed by atoms with E-state index in [1.54, 1.807) is 5.10 Å². The molecule has 0 aliphatic carbocycles. The third-order valence-corrected chi connectivity index (χ3v) is 1.13. The number of nitrogens with one attached hydrogen (secondary N) is 1. The van der Waals surface area contributed by atoms with Gasteiger partial charge in [0.1, 0.15) is 0 Å². The average molecular weight is 167 g/mol. The molecule has 1 heterocycles. The summed E-state index contributed by atoms with van der Waals surface area (Å²) in [5.41, 5.74) is -0.877. The third-order valence-electron chi connectivity index (χ3n) is 1.13. The quantitative estimate of drug-likeness (QED) is 0.596. The van der Waals surface area contributed by atoms with Crippen LogP contribution in [0.15, 0.2) is 4.79 Å². The van der Waals surface area contributed by atoms with E-state index in [9.17, 15) is 18.0 Å². The number of nitrogens with zero attached hydrogens (tertiary/aromatic N) is 2. The Kier molecular flexibility index (Phi) is 1.50. The lowest BCUT2D eigenvalue weighted by atomic mass is 10.6. The zero-order valence-corrected chi connectivity index (χ0v) is 5.44. The van der Waals surface area contributed by atoms with Crippen molar-refractivity contribution in [2.45, 2.75) is 6.18 Å². The van der Waals surface area contributed by atoms with E-state index >= 15 is 0 Å². The second kappa shape index (κ2) is 2.11. The molecule has 0 saturated heterocycles. The van der Waals surface area contributed by atoms with Crippen LogP contribution in [0.3, 0.4) is 0 Å². The zero-order chi connectivity index (χ0) is 8.65. The van der Waals surface area contributed by atoms with Crippen molar-refractivity contribution in [2.24, 2.45) is 7.05 Å². The maximum absolute atomic E-state index is 11.8. The molecule has 1 rings (SSSR count). The highest BCUT2D eigenvalue weighted by Crippen LogP contribution is 2.25. The first-order chi connectivity index (χ1) is 4.93. The van der Waals surface area contributed by atoms with Crippen LogP contribution in [0.25, 0.3) is 0 Å². The van der Waals surface area contributed by atoms with Crippen molar-refractivity contribution in [1.82, 2.24) is 14.8 Å². The first kappa shape index (κ1) is 7.83. The number of halogens is 3. The largest absolute Gasteiger partial charge is 0.451 e. The number of aromatic amines is 1. The van der Waals surface area contributed by atoms with Gasteiger partial charge >= 0.3 is 11.9 Å². The van der Waals surface area contributed by atoms with E-state index in [0.717, 1.165) is 7.05 Å². The minimum Gasteiger partial charge on any atom is -0.275 e. The normalized spacial score (nSPS) is 12.0. The highest BCUT2D eigenvalue weighted by molar-refractivity contribution is 4.89. The molecule has 0 unspecified atom stereocenters. The van der Waals surface area contributed by atoms with Gasteiger partial charge in [-0.05, 0) is 0 Å². The molecule has 1 aromatic heterocycles. The van der Waals surface area contributed by atoms with Gasteiger partial charge in [-0.1, -0.05) is 0 Å². The van der Waals surface area contributed by atoms with Crippen LogP contribution in [-0.2, 0) is 13.2 Å². The Balaban J connectivity index is 3.26. The van der Waals surface area contributed by atoms with E-state index < -0.39 is 17.7 Å². The molecular formula is C4H4F3N3O. The first-order valence-corrected chi connectivity index (χ1v) is 2.61. The summed E-state index contributed by atoms with van der Waals surface area (Å²) < 4.78 is 35.9. The topological polar surface area (TPSA) is 50.7 Å². The Morgan fingerprint density at radius 2 is 2.09 bits per heavy atom. The van der Waals surface area contributed by atoms with Crippen molar-refractivity contribution in [3.8, 4) is 0 Å². The van der Waals surface area contributed by atoms with Gasteiger partial charge in [-0.3, -0.25) is 4.57 Å². The average Bonchev–Trinajstić information content (AvgIpc) is 2.11. The third kappa shape index (κ3) is 1.26. The molecular weight excluding hydrogens is 163 g/mol. The van der Waals surface area contributed by atoms with Crippen LogP contribution in [0, 0.1) is 0 Å². The minimum absolute atomic E-state index is 0.403. The number of hydrogen-bond acceptors (Lipinski definition) is 2. The van der Waals surface area contributed by atoms with Crippen LogP contribution >= 0.6 is 0 Å². The van der Waals surface area contributed by atoms with Crippen molar-refractivity contribution in [1.29, 1.82) is 0 Å². The van der Waals surface area contributed by atoms with Crippen molar-refractivity contribution < 1.29 is 13.2 Å². The smallest absolute Gasteiger partial charge is 0.275 e. The molecule has 0 spiro atoms. The molecule has 0 radical (unpaired) electrons. The summed E-state index contributed by atoms with van der Waals surface area (Å²) in [5, 5.41) is 4.47. The lowest BCUT2D eigenvalue weighted by molar-refractivity contribution is -0.147. The molecule has 0 aliphatic heterocycles. The van der Waals surface area contributed by atoms with E-state index in [2.05, 4.69) is 5.10 Å². The SMILES string of the molecule is Cn1c(C(F)(F)F)n[nH]c1=O. The molecule has 7 heteroatoms. The fraction of sp³-hybridized carbons (Fsp3) is 0.500. The number of aromatic nitrogens is 3. The molecule has 0 bridgehead atoms. The van der Waals surface area contributed by atoms with Gasteiger partial charge in [0.05, 0.1) is 0 Å². The molecule has 0 aliphatic rings. The van der Waals surface area contributed by atoms with Crippen LogP contribution in [-0.4, -0.2) is 14.8 Å². The Morgan fingerprint density at radius 1 is 1.55 bits per heavy atom. The molecule has 11 heavy (non-hydrogen) atoms. The molecule has 0 aromatic carbocycles. The number of rotatable bonds is 0. The Morgan fingerprint density at radius 3 is 2.27 bits per heavy atom. The lowest BCUT2D eigenvalue weighted by Gasteiger charge is -2.02. The predicted octanol–water partition coefficient (Wildman–Crippen LogP) is 0.127. The first-order valence-electron chi connectivity index (χ1n) is 2.61. The van der Waals surface area contributed by atoms with Crippen LogP contribution in [0.1, 0.15) is 5.82 Å². The fourth-order valence-electron chi connectivity index (χ4n) is 0.601. The minimum atomic E-state index is -4.58. The van der Waals surface area contributed by atoms with Gasteiger partial charge in [-0.2, -0.15) is 13.2 Å². The molecule has 1 aromatic rings. The van der Waals surface area contributed by atoms with E-state index in [1.807, 2.05) is 0 Å². The number of hydrogen-bond donors (Lipinski definition) is 1. The van der Waals surface area contributed by atoms with Gasteiger partial charge in [0.25, 0.3) is 0 Å². The van der Waals surface area contributed by atoms with Crippen molar-refractivity contribution >= 4 is 0 Å². The van der Waals surface area contributed by atoms with Crippen LogP contribution in [0.4, 0.5) is 13.2 Å². The van der Waals surface area contributed by atoms with Crippen LogP contribution in [0.2, 0.25) is 0 Å². The van der Waals surface area contributed by atoms with Gasteiger partial charge in [0, 0.05) is 7.05 Å². The Hall–Kier alpha value is -1.27. The molecule has 0 atom stereocenters. The molecule has 0 fully saturated rings. The van der Waals surface area contributed by atoms with Gasteiger partial charge in [0.15, 0.2) is 0 Å². The van der Waals surface area contributed by atoms with Crippen molar-refractivity contribution in [3.63, 3.8) is 0 Å². The van der Waals surface area contributed by atoms with E-state index in [0.29, 0.717) is 4.57 Å². The van der Waals surface area contributed by atoms with Crippen LogP contribution < -0.4 is 5.69 Å². The standard InChI is InChI=1S/C4H4F3N3O/c1-10-2(4(5,6)7)8-9-3(10)11/h1H3,(H,9,11). The monoisotopic (exact) mass is 167 g/mol. The summed E-state index contributed by atoms with van der Waals surface area (Å²) in [6.07, 6.45) is -4.58. The summed E-state index contributed by atoms with van der Waals surface area (Å²) in [6.45, 7) is 0. The summed E-state index contributed by atoms with van der Waals surface area (Å²) in [5.74, 6) is -1.22. The number of H-pyrrole nitrogens is 1. The molecule has 4 nitrogen and oxygen atoms in total. The second-order valence-corrected chi connectivity index (χ2v) is 1.91. The fourth-order valence-corrected chi connectivity index (χ4v) is 0.601. The van der Waals surface area contributed by atoms with Crippen LogP contribution in [0.5, 0.6) is 0 Å². The second-order valence-electron chi connectivity index (χ2n) is 1.91. The highest BCUT2D eigenvalue weighted by atomic mass is 19.4. The Labute approximate surface area is 58.6 Å². The maximum Gasteiger partial charge on any atom is 0.451 e. The Bertz CT molecular complexity index is 309. The molecule has 1 N–H and O–H groups in total. The van der Waals surface area contributed by atoms with E-state index in [-0.39, 0.29) is 0 Å². The molecule has 62 valence electrons. The van der Waals surface area contributed by atoms with E-state index in [1.165, 1.54) is 0 Å². The molecule has 0 saturated carbocycles. The maximum atomic E-state index is 11.8. The highest BCUT2D eigenvalue weighted by Gasteiger charge is 2.36. The zero-order valence-electron chi connectivity index (χ0n) is 5.44. The van der Waals surface area contributed by atoms with Gasteiger partial charge in [0.2, 0.25) is 5.82 Å². The van der Waals surface area contributed by atoms with Gasteiger partial charge < -0.3 is 0 Å². The predicted molar refractivity (Wildman–Crippen MR) is 28.8 cm³/mol. The van der Waals surface area contributed by atoms with Gasteiger partial charge in [-0.25, -0.2) is 9.89 Å². The summed E-state index contributed by atoms with van der Waals surface area (Å²) in [6, 6.07) is 0. The summed E-state index contributed by atoms with van der Waals surface area (Å²) in [7, 11) is 0.995. The van der Waals surface area contributed by atoms with Gasteiger partial charge in [-0.15, -0.1) is 5.10 Å². The lowest BCUT2D eigenvalue weighted by Crippen LogP contribution is -2.19. The van der Waals surface area contributed by atoms with Crippen molar-refractivity contribution in [3.05, 3.63) is 16.3 Å². The number of alkyl halides is 3. The summed E-state index contributed by atoms with van der Waals surface area (Å²) >= 11 is 0. The molecule has 0 amide bonds. The van der Waals surface area contributed by atoms with Crippen molar-refractivity contribution in [2.75, 3.05) is 0 Å².